The Balaban J connectivity index is 1.26. The van der Waals surface area contributed by atoms with E-state index in [4.69, 9.17) is 0 Å². The van der Waals surface area contributed by atoms with Gasteiger partial charge < -0.3 is 9.64 Å². The number of ether oxygens (including phenoxy) is 1. The van der Waals surface area contributed by atoms with Crippen molar-refractivity contribution in [3.05, 3.63) is 89.7 Å². The van der Waals surface area contributed by atoms with Gasteiger partial charge in [-0.15, -0.1) is 18.3 Å². The Morgan fingerprint density at radius 1 is 1.09 bits per heavy atom. The van der Waals surface area contributed by atoms with E-state index >= 15 is 4.39 Å². The average Bonchev–Trinajstić information content (AvgIpc) is 3.50. The molecule has 0 aliphatic carbocycles. The summed E-state index contributed by atoms with van der Waals surface area (Å²) in [4.78, 5) is 27.2. The molecule has 1 aliphatic rings. The molecule has 0 N–H and O–H groups in total. The SMILES string of the molecule is Cc1ccc(C(C)C)c(N2C(=NC(=O)N=CC(F)c3ccc(-c4ncn(-c5ccc(OC(F)(F)F)cc5)n4)cc3)SCCC2C)c1. The Kier molecular flexibility index (Phi) is 9.90. The minimum absolute atomic E-state index is 0.128. The molecule has 13 heteroatoms. The van der Waals surface area contributed by atoms with Crippen LogP contribution >= 0.6 is 11.8 Å². The zero-order valence-corrected chi connectivity index (χ0v) is 26.4. The van der Waals surface area contributed by atoms with E-state index in [0.29, 0.717) is 22.2 Å². The second-order valence-corrected chi connectivity index (χ2v) is 12.2. The lowest BCUT2D eigenvalue weighted by atomic mass is 9.98. The summed E-state index contributed by atoms with van der Waals surface area (Å²) in [6.45, 7) is 8.39. The number of aromatic nitrogens is 3. The molecule has 2 heterocycles. The van der Waals surface area contributed by atoms with Crippen molar-refractivity contribution < 1.29 is 27.1 Å². The molecule has 0 bridgehead atoms. The molecule has 2 atom stereocenters. The van der Waals surface area contributed by atoms with Gasteiger partial charge in [0.25, 0.3) is 0 Å². The zero-order valence-electron chi connectivity index (χ0n) is 25.6. The highest BCUT2D eigenvalue weighted by Crippen LogP contribution is 2.35. The average molecular weight is 653 g/mol. The minimum atomic E-state index is -4.78. The number of hydrogen-bond acceptors (Lipinski definition) is 5. The Labute approximate surface area is 268 Å². The van der Waals surface area contributed by atoms with Gasteiger partial charge in [0.15, 0.2) is 17.2 Å². The summed E-state index contributed by atoms with van der Waals surface area (Å²) in [6.07, 6.45) is -3.15. The van der Waals surface area contributed by atoms with Crippen molar-refractivity contribution in [1.82, 2.24) is 14.8 Å². The van der Waals surface area contributed by atoms with Crippen LogP contribution in [0.15, 0.2) is 83.0 Å². The minimum Gasteiger partial charge on any atom is -0.406 e. The second-order valence-electron chi connectivity index (χ2n) is 11.1. The fraction of sp³-hybridized carbons (Fsp3) is 0.303. The van der Waals surface area contributed by atoms with E-state index in [1.54, 1.807) is 12.1 Å². The molecule has 4 aromatic rings. The molecule has 1 aliphatic heterocycles. The van der Waals surface area contributed by atoms with Gasteiger partial charge in [-0.3, -0.25) is 0 Å². The molecule has 0 radical (unpaired) electrons. The predicted octanol–water partition coefficient (Wildman–Crippen LogP) is 8.85. The number of anilines is 1. The predicted molar refractivity (Wildman–Crippen MR) is 173 cm³/mol. The maximum absolute atomic E-state index is 15.1. The topological polar surface area (TPSA) is 85.0 Å². The molecule has 46 heavy (non-hydrogen) atoms. The van der Waals surface area contributed by atoms with Gasteiger partial charge in [-0.2, -0.15) is 4.99 Å². The van der Waals surface area contributed by atoms with Gasteiger partial charge in [0.05, 0.1) is 5.69 Å². The molecule has 2 unspecified atom stereocenters. The van der Waals surface area contributed by atoms with Crippen LogP contribution < -0.4 is 9.64 Å². The summed E-state index contributed by atoms with van der Waals surface area (Å²) in [5.41, 5.74) is 4.62. The Morgan fingerprint density at radius 2 is 1.80 bits per heavy atom. The third-order valence-electron chi connectivity index (χ3n) is 7.30. The fourth-order valence-electron chi connectivity index (χ4n) is 4.95. The number of urea groups is 1. The number of thioether (sulfide) groups is 1. The van der Waals surface area contributed by atoms with Crippen LogP contribution in [0.3, 0.4) is 0 Å². The first-order valence-electron chi connectivity index (χ1n) is 14.6. The number of hydrogen-bond donors (Lipinski definition) is 0. The van der Waals surface area contributed by atoms with Crippen molar-refractivity contribution in [3.63, 3.8) is 0 Å². The van der Waals surface area contributed by atoms with Crippen LogP contribution in [0.4, 0.5) is 28.0 Å². The maximum Gasteiger partial charge on any atom is 0.573 e. The van der Waals surface area contributed by atoms with Crippen LogP contribution in [-0.4, -0.2) is 50.3 Å². The fourth-order valence-corrected chi connectivity index (χ4v) is 6.15. The van der Waals surface area contributed by atoms with Crippen molar-refractivity contribution in [2.45, 2.75) is 58.6 Å². The summed E-state index contributed by atoms with van der Waals surface area (Å²) < 4.78 is 57.6. The van der Waals surface area contributed by atoms with E-state index in [0.717, 1.165) is 35.2 Å². The number of alkyl halides is 4. The number of carbonyl (C=O) groups is 1. The van der Waals surface area contributed by atoms with Crippen LogP contribution in [-0.2, 0) is 0 Å². The van der Waals surface area contributed by atoms with Crippen LogP contribution in [0.1, 0.15) is 56.0 Å². The second kappa shape index (κ2) is 13.9. The monoisotopic (exact) mass is 652 g/mol. The molecule has 1 fully saturated rings. The van der Waals surface area contributed by atoms with Crippen molar-refractivity contribution in [1.29, 1.82) is 0 Å². The van der Waals surface area contributed by atoms with Crippen LogP contribution in [0.25, 0.3) is 17.1 Å². The number of benzene rings is 3. The van der Waals surface area contributed by atoms with E-state index in [1.165, 1.54) is 59.2 Å². The highest BCUT2D eigenvalue weighted by atomic mass is 32.2. The lowest BCUT2D eigenvalue weighted by Crippen LogP contribution is -2.42. The van der Waals surface area contributed by atoms with Gasteiger partial charge >= 0.3 is 12.4 Å². The number of nitrogens with zero attached hydrogens (tertiary/aromatic N) is 6. The van der Waals surface area contributed by atoms with Gasteiger partial charge in [0.2, 0.25) is 0 Å². The molecular weight excluding hydrogens is 620 g/mol. The van der Waals surface area contributed by atoms with E-state index in [-0.39, 0.29) is 23.3 Å². The number of rotatable bonds is 7. The van der Waals surface area contributed by atoms with Crippen molar-refractivity contribution in [2.75, 3.05) is 10.7 Å². The summed E-state index contributed by atoms with van der Waals surface area (Å²) in [5.74, 6) is 1.07. The van der Waals surface area contributed by atoms with Crippen LogP contribution in [0.2, 0.25) is 0 Å². The number of aryl methyl sites for hydroxylation is 1. The molecule has 0 spiro atoms. The molecule has 1 saturated heterocycles. The van der Waals surface area contributed by atoms with Crippen LogP contribution in [0, 0.1) is 6.92 Å². The zero-order chi connectivity index (χ0) is 33.0. The van der Waals surface area contributed by atoms with Gasteiger partial charge in [-0.05, 0) is 73.2 Å². The number of aliphatic imine (C=N–C) groups is 2. The lowest BCUT2D eigenvalue weighted by molar-refractivity contribution is -0.274. The first-order valence-corrected chi connectivity index (χ1v) is 15.6. The largest absolute Gasteiger partial charge is 0.573 e. The number of halogens is 4. The summed E-state index contributed by atoms with van der Waals surface area (Å²) in [7, 11) is 0. The number of carbonyl (C=O) groups excluding carboxylic acids is 1. The number of amides is 2. The van der Waals surface area contributed by atoms with E-state index in [9.17, 15) is 18.0 Å². The van der Waals surface area contributed by atoms with Gasteiger partial charge in [-0.25, -0.2) is 23.8 Å². The smallest absolute Gasteiger partial charge is 0.406 e. The molecule has 2 amide bonds. The summed E-state index contributed by atoms with van der Waals surface area (Å²) in [5, 5.41) is 4.90. The first-order chi connectivity index (χ1) is 21.9. The molecular formula is C33H32F4N6O2S. The van der Waals surface area contributed by atoms with E-state index in [1.807, 2.05) is 6.92 Å². The number of amidine groups is 1. The maximum atomic E-state index is 15.1. The summed E-state index contributed by atoms with van der Waals surface area (Å²) >= 11 is 1.48. The first kappa shape index (κ1) is 32.9. The lowest BCUT2D eigenvalue weighted by Gasteiger charge is -2.37. The molecule has 1 aromatic heterocycles. The third kappa shape index (κ3) is 8.00. The Morgan fingerprint density at radius 3 is 2.48 bits per heavy atom. The van der Waals surface area contributed by atoms with Crippen molar-refractivity contribution >= 4 is 34.9 Å². The third-order valence-corrected chi connectivity index (χ3v) is 8.29. The Hall–Kier alpha value is -4.52. The highest BCUT2D eigenvalue weighted by Gasteiger charge is 2.31. The van der Waals surface area contributed by atoms with Gasteiger partial charge in [-0.1, -0.05) is 62.0 Å². The molecule has 3 aromatic carbocycles. The van der Waals surface area contributed by atoms with Crippen molar-refractivity contribution in [2.24, 2.45) is 9.98 Å². The summed E-state index contributed by atoms with van der Waals surface area (Å²) in [6, 6.07) is 17.2. The molecule has 8 nitrogen and oxygen atoms in total. The van der Waals surface area contributed by atoms with E-state index in [2.05, 4.69) is 68.7 Å². The highest BCUT2D eigenvalue weighted by molar-refractivity contribution is 8.14. The standard InChI is InChI=1S/C33H32F4N6O2S/c1-20(2)27-14-5-21(3)17-29(27)43-22(4)15-16-46-32(43)40-31(44)38-18-28(34)23-6-8-24(9-7-23)30-39-19-42(41-30)25-10-12-26(13-11-25)45-33(35,36)37/h5-14,17-20,22,28H,15-16H2,1-4H3. The van der Waals surface area contributed by atoms with Crippen LogP contribution in [0.5, 0.6) is 5.75 Å². The normalized spacial score (nSPS) is 17.2. The van der Waals surface area contributed by atoms with Gasteiger partial charge in [0, 0.05) is 29.3 Å². The quantitative estimate of drug-likeness (QED) is 0.147. The van der Waals surface area contributed by atoms with E-state index < -0.39 is 18.6 Å². The Bertz CT molecular complexity index is 1740. The molecule has 0 saturated carbocycles. The van der Waals surface area contributed by atoms with Crippen molar-refractivity contribution in [3.8, 4) is 22.8 Å². The molecule has 5 rings (SSSR count). The molecule has 240 valence electrons. The van der Waals surface area contributed by atoms with Gasteiger partial charge in [0.1, 0.15) is 12.1 Å².